The third kappa shape index (κ3) is 4.90. The zero-order valence-electron chi connectivity index (χ0n) is 14.6. The molecule has 0 bridgehead atoms. The number of nitrogens with zero attached hydrogens (tertiary/aromatic N) is 1. The van der Waals surface area contributed by atoms with Crippen LogP contribution in [0.3, 0.4) is 0 Å². The molecule has 0 spiro atoms. The maximum atomic E-state index is 13.6. The summed E-state index contributed by atoms with van der Waals surface area (Å²) in [7, 11) is 3.98. The monoisotopic (exact) mass is 328 g/mol. The fraction of sp³-hybridized carbons (Fsp3) is 0.350. The van der Waals surface area contributed by atoms with Crippen molar-refractivity contribution in [3.8, 4) is 0 Å². The molecule has 2 rings (SSSR count). The first kappa shape index (κ1) is 18.1. The highest BCUT2D eigenvalue weighted by molar-refractivity contribution is 5.78. The predicted octanol–water partition coefficient (Wildman–Crippen LogP) is 3.35. The highest BCUT2D eigenvalue weighted by Gasteiger charge is 2.16. The molecule has 24 heavy (non-hydrogen) atoms. The van der Waals surface area contributed by atoms with Crippen LogP contribution in [0.1, 0.15) is 29.7 Å². The molecule has 0 saturated heterocycles. The molecular formula is C20H25FN2O. The number of hydrogen-bond donors (Lipinski definition) is 1. The average molecular weight is 328 g/mol. The van der Waals surface area contributed by atoms with Gasteiger partial charge < -0.3 is 10.2 Å². The quantitative estimate of drug-likeness (QED) is 0.845. The van der Waals surface area contributed by atoms with E-state index in [-0.39, 0.29) is 24.2 Å². The second-order valence-electron chi connectivity index (χ2n) is 6.15. The smallest absolute Gasteiger partial charge is 0.224 e. The molecule has 0 heterocycles. The van der Waals surface area contributed by atoms with Gasteiger partial charge in [-0.25, -0.2) is 4.39 Å². The third-order valence-corrected chi connectivity index (χ3v) is 4.20. The Balaban J connectivity index is 1.98. The van der Waals surface area contributed by atoms with Crippen molar-refractivity contribution in [3.63, 3.8) is 0 Å². The van der Waals surface area contributed by atoms with Gasteiger partial charge in [-0.15, -0.1) is 0 Å². The molecule has 0 aliphatic rings. The molecule has 2 aromatic carbocycles. The van der Waals surface area contributed by atoms with Gasteiger partial charge in [0, 0.05) is 6.54 Å². The summed E-state index contributed by atoms with van der Waals surface area (Å²) in [6, 6.07) is 14.9. The van der Waals surface area contributed by atoms with Crippen LogP contribution in [0.25, 0.3) is 0 Å². The number of benzene rings is 2. The average Bonchev–Trinajstić information content (AvgIpc) is 2.57. The van der Waals surface area contributed by atoms with Crippen LogP contribution >= 0.6 is 0 Å². The van der Waals surface area contributed by atoms with Crippen molar-refractivity contribution in [2.45, 2.75) is 25.8 Å². The van der Waals surface area contributed by atoms with Gasteiger partial charge >= 0.3 is 0 Å². The fourth-order valence-corrected chi connectivity index (χ4v) is 2.66. The first-order valence-electron chi connectivity index (χ1n) is 8.26. The Bertz CT molecular complexity index is 668. The van der Waals surface area contributed by atoms with Crippen LogP contribution in [0.15, 0.2) is 48.5 Å². The Hall–Kier alpha value is -2.20. The van der Waals surface area contributed by atoms with Crippen LogP contribution in [0.2, 0.25) is 0 Å². The minimum absolute atomic E-state index is 0.0571. The van der Waals surface area contributed by atoms with Gasteiger partial charge in [0.2, 0.25) is 5.91 Å². The van der Waals surface area contributed by atoms with Crippen molar-refractivity contribution in [1.82, 2.24) is 10.2 Å². The van der Waals surface area contributed by atoms with Crippen molar-refractivity contribution in [2.24, 2.45) is 0 Å². The zero-order chi connectivity index (χ0) is 17.5. The molecule has 0 fully saturated rings. The third-order valence-electron chi connectivity index (χ3n) is 4.20. The molecule has 0 radical (unpaired) electrons. The molecule has 1 atom stereocenters. The van der Waals surface area contributed by atoms with E-state index in [1.807, 2.05) is 14.1 Å². The zero-order valence-corrected chi connectivity index (χ0v) is 14.6. The molecule has 0 saturated carbocycles. The second kappa shape index (κ2) is 8.60. The van der Waals surface area contributed by atoms with E-state index in [1.165, 1.54) is 11.6 Å². The number of carbonyl (C=O) groups is 1. The lowest BCUT2D eigenvalue weighted by Crippen LogP contribution is -2.35. The van der Waals surface area contributed by atoms with E-state index in [1.54, 1.807) is 18.2 Å². The Morgan fingerprint density at radius 3 is 2.38 bits per heavy atom. The van der Waals surface area contributed by atoms with Gasteiger partial charge in [0.05, 0.1) is 12.5 Å². The number of amides is 1. The van der Waals surface area contributed by atoms with Gasteiger partial charge in [-0.1, -0.05) is 49.4 Å². The van der Waals surface area contributed by atoms with E-state index in [0.717, 1.165) is 12.0 Å². The van der Waals surface area contributed by atoms with Crippen LogP contribution in [0, 0.1) is 5.82 Å². The van der Waals surface area contributed by atoms with Crippen molar-refractivity contribution >= 4 is 5.91 Å². The Kier molecular flexibility index (Phi) is 6.50. The maximum Gasteiger partial charge on any atom is 0.224 e. The van der Waals surface area contributed by atoms with Crippen molar-refractivity contribution in [1.29, 1.82) is 0 Å². The number of hydrogen-bond acceptors (Lipinski definition) is 2. The summed E-state index contributed by atoms with van der Waals surface area (Å²) in [6.45, 7) is 2.62. The number of likely N-dealkylation sites (N-methyl/N-ethyl adjacent to an activating group) is 1. The van der Waals surface area contributed by atoms with Crippen molar-refractivity contribution in [3.05, 3.63) is 71.0 Å². The summed E-state index contributed by atoms with van der Waals surface area (Å²) in [5.74, 6) is -0.510. The Morgan fingerprint density at radius 1 is 1.12 bits per heavy atom. The minimum Gasteiger partial charge on any atom is -0.354 e. The second-order valence-corrected chi connectivity index (χ2v) is 6.15. The Morgan fingerprint density at radius 2 is 1.79 bits per heavy atom. The molecule has 3 nitrogen and oxygen atoms in total. The molecule has 0 aromatic heterocycles. The molecule has 4 heteroatoms. The van der Waals surface area contributed by atoms with Crippen LogP contribution in [0.4, 0.5) is 4.39 Å². The van der Waals surface area contributed by atoms with Crippen LogP contribution < -0.4 is 5.32 Å². The number of nitrogens with one attached hydrogen (secondary N) is 1. The fourth-order valence-electron chi connectivity index (χ4n) is 2.66. The van der Waals surface area contributed by atoms with Crippen LogP contribution in [0.5, 0.6) is 0 Å². The lowest BCUT2D eigenvalue weighted by Gasteiger charge is -2.25. The molecule has 0 aliphatic carbocycles. The largest absolute Gasteiger partial charge is 0.354 e. The van der Waals surface area contributed by atoms with Crippen LogP contribution in [-0.2, 0) is 17.6 Å². The van der Waals surface area contributed by atoms with Gasteiger partial charge in [0.1, 0.15) is 5.82 Å². The van der Waals surface area contributed by atoms with Gasteiger partial charge in [-0.2, -0.15) is 0 Å². The summed E-state index contributed by atoms with van der Waals surface area (Å²) in [5, 5.41) is 2.92. The minimum atomic E-state index is -0.341. The van der Waals surface area contributed by atoms with Gasteiger partial charge in [0.15, 0.2) is 0 Å². The number of aryl methyl sites for hydroxylation is 1. The number of rotatable bonds is 7. The van der Waals surface area contributed by atoms with Crippen LogP contribution in [-0.4, -0.2) is 31.4 Å². The van der Waals surface area contributed by atoms with E-state index in [2.05, 4.69) is 41.4 Å². The van der Waals surface area contributed by atoms with E-state index < -0.39 is 0 Å². The van der Waals surface area contributed by atoms with E-state index in [9.17, 15) is 9.18 Å². The molecule has 0 aliphatic heterocycles. The molecule has 1 amide bonds. The predicted molar refractivity (Wildman–Crippen MR) is 95.4 cm³/mol. The SMILES string of the molecule is CCc1ccc(C(CNC(=O)Cc2ccccc2F)N(C)C)cc1. The molecule has 128 valence electrons. The first-order chi connectivity index (χ1) is 11.5. The lowest BCUT2D eigenvalue weighted by atomic mass is 10.0. The van der Waals surface area contributed by atoms with Crippen molar-refractivity contribution < 1.29 is 9.18 Å². The number of carbonyl (C=O) groups excluding carboxylic acids is 1. The molecule has 1 N–H and O–H groups in total. The molecular weight excluding hydrogens is 303 g/mol. The summed E-state index contributed by atoms with van der Waals surface area (Å²) in [5.41, 5.74) is 2.87. The topological polar surface area (TPSA) is 32.3 Å². The normalized spacial score (nSPS) is 12.2. The van der Waals surface area contributed by atoms with Crippen molar-refractivity contribution in [2.75, 3.05) is 20.6 Å². The van der Waals surface area contributed by atoms with E-state index in [0.29, 0.717) is 12.1 Å². The standard InChI is InChI=1S/C20H25FN2O/c1-4-15-9-11-16(12-10-15)19(23(2)3)14-22-20(24)13-17-7-5-6-8-18(17)21/h5-12,19H,4,13-14H2,1-3H3,(H,22,24). The maximum absolute atomic E-state index is 13.6. The lowest BCUT2D eigenvalue weighted by molar-refractivity contribution is -0.120. The van der Waals surface area contributed by atoms with E-state index in [4.69, 9.17) is 0 Å². The summed E-state index contributed by atoms with van der Waals surface area (Å²) in [4.78, 5) is 14.2. The first-order valence-corrected chi connectivity index (χ1v) is 8.26. The van der Waals surface area contributed by atoms with Gasteiger partial charge in [0.25, 0.3) is 0 Å². The summed E-state index contributed by atoms with van der Waals surface area (Å²) in [6.07, 6.45) is 1.06. The van der Waals surface area contributed by atoms with Gasteiger partial charge in [-0.05, 0) is 43.3 Å². The molecule has 1 unspecified atom stereocenters. The Labute approximate surface area is 143 Å². The highest BCUT2D eigenvalue weighted by Crippen LogP contribution is 2.18. The molecule has 2 aromatic rings. The summed E-state index contributed by atoms with van der Waals surface area (Å²) >= 11 is 0. The van der Waals surface area contributed by atoms with E-state index >= 15 is 0 Å². The van der Waals surface area contributed by atoms with Gasteiger partial charge in [-0.3, -0.25) is 4.79 Å². The highest BCUT2D eigenvalue weighted by atomic mass is 19.1. The summed E-state index contributed by atoms with van der Waals surface area (Å²) < 4.78 is 13.6. The number of halogens is 1.